The van der Waals surface area contributed by atoms with Crippen molar-refractivity contribution in [3.63, 3.8) is 0 Å². The smallest absolute Gasteiger partial charge is 0.161 e. The van der Waals surface area contributed by atoms with E-state index in [1.54, 1.807) is 6.07 Å². The molecule has 3 aromatic rings. The minimum atomic E-state index is -0.957. The lowest BCUT2D eigenvalue weighted by Gasteiger charge is -2.01. The van der Waals surface area contributed by atoms with Gasteiger partial charge in [-0.05, 0) is 24.6 Å². The number of fused-ring (bicyclic) bond motifs is 1. The molecule has 0 radical (unpaired) electrons. The van der Waals surface area contributed by atoms with E-state index >= 15 is 0 Å². The summed E-state index contributed by atoms with van der Waals surface area (Å²) in [5.74, 6) is -1.91. The molecule has 96 valence electrons. The number of aromatic amines is 1. The standard InChI is InChI=1S/C14H9F3N2/c1-7-2-3-8(15)4-9(7)14-18-12-5-10(16)11(17)6-13(12)19-14/h2-6H,1H3,(H,18,19). The molecule has 0 amide bonds. The Balaban J connectivity index is 2.23. The van der Waals surface area contributed by atoms with Crippen molar-refractivity contribution in [3.8, 4) is 11.4 Å². The Hall–Kier alpha value is -2.30. The maximum atomic E-state index is 13.3. The van der Waals surface area contributed by atoms with Gasteiger partial charge in [0, 0.05) is 17.7 Å². The lowest BCUT2D eigenvalue weighted by atomic mass is 10.1. The van der Waals surface area contributed by atoms with Crippen molar-refractivity contribution in [2.75, 3.05) is 0 Å². The summed E-state index contributed by atoms with van der Waals surface area (Å²) in [5, 5.41) is 0. The molecule has 19 heavy (non-hydrogen) atoms. The number of rotatable bonds is 1. The first-order valence-corrected chi connectivity index (χ1v) is 5.66. The fraction of sp³-hybridized carbons (Fsp3) is 0.0714. The van der Waals surface area contributed by atoms with E-state index in [2.05, 4.69) is 9.97 Å². The summed E-state index contributed by atoms with van der Waals surface area (Å²) >= 11 is 0. The maximum Gasteiger partial charge on any atom is 0.161 e. The summed E-state index contributed by atoms with van der Waals surface area (Å²) in [4.78, 5) is 7.02. The molecule has 3 rings (SSSR count). The van der Waals surface area contributed by atoms with Crippen molar-refractivity contribution in [1.82, 2.24) is 9.97 Å². The fourth-order valence-corrected chi connectivity index (χ4v) is 1.98. The van der Waals surface area contributed by atoms with E-state index in [0.717, 1.165) is 17.7 Å². The van der Waals surface area contributed by atoms with E-state index in [1.807, 2.05) is 6.92 Å². The number of aryl methyl sites for hydroxylation is 1. The van der Waals surface area contributed by atoms with Crippen molar-refractivity contribution in [2.45, 2.75) is 6.92 Å². The Kier molecular flexibility index (Phi) is 2.55. The molecule has 1 heterocycles. The molecule has 0 saturated heterocycles. The van der Waals surface area contributed by atoms with E-state index in [9.17, 15) is 13.2 Å². The number of benzene rings is 2. The second-order valence-corrected chi connectivity index (χ2v) is 4.33. The second-order valence-electron chi connectivity index (χ2n) is 4.33. The molecule has 0 atom stereocenters. The molecule has 1 aromatic heterocycles. The first kappa shape index (κ1) is 11.8. The quantitative estimate of drug-likeness (QED) is 0.706. The Morgan fingerprint density at radius 1 is 1.00 bits per heavy atom. The van der Waals surface area contributed by atoms with Crippen LogP contribution in [0.4, 0.5) is 13.2 Å². The molecule has 5 heteroatoms. The summed E-state index contributed by atoms with van der Waals surface area (Å²) in [6.45, 7) is 1.81. The number of H-pyrrole nitrogens is 1. The van der Waals surface area contributed by atoms with Crippen molar-refractivity contribution in [3.05, 3.63) is 53.3 Å². The average molecular weight is 262 g/mol. The van der Waals surface area contributed by atoms with Gasteiger partial charge < -0.3 is 4.98 Å². The maximum absolute atomic E-state index is 13.3. The van der Waals surface area contributed by atoms with Gasteiger partial charge in [0.05, 0.1) is 11.0 Å². The average Bonchev–Trinajstić information content (AvgIpc) is 2.75. The summed E-state index contributed by atoms with van der Waals surface area (Å²) in [7, 11) is 0. The third kappa shape index (κ3) is 1.97. The molecule has 0 unspecified atom stereocenters. The zero-order valence-corrected chi connectivity index (χ0v) is 9.97. The van der Waals surface area contributed by atoms with Gasteiger partial charge in [-0.15, -0.1) is 0 Å². The first-order chi connectivity index (χ1) is 9.04. The number of hydrogen-bond donors (Lipinski definition) is 1. The summed E-state index contributed by atoms with van der Waals surface area (Å²) in [6.07, 6.45) is 0. The van der Waals surface area contributed by atoms with Gasteiger partial charge >= 0.3 is 0 Å². The van der Waals surface area contributed by atoms with Crippen LogP contribution in [0.15, 0.2) is 30.3 Å². The lowest BCUT2D eigenvalue weighted by Crippen LogP contribution is -1.87. The topological polar surface area (TPSA) is 28.7 Å². The van der Waals surface area contributed by atoms with Crippen molar-refractivity contribution in [1.29, 1.82) is 0 Å². The zero-order valence-electron chi connectivity index (χ0n) is 9.97. The van der Waals surface area contributed by atoms with Crippen LogP contribution in [0.25, 0.3) is 22.4 Å². The zero-order chi connectivity index (χ0) is 13.6. The molecular weight excluding hydrogens is 253 g/mol. The number of hydrogen-bond acceptors (Lipinski definition) is 1. The molecule has 0 aliphatic carbocycles. The highest BCUT2D eigenvalue weighted by Crippen LogP contribution is 2.25. The number of imidazole rings is 1. The third-order valence-corrected chi connectivity index (χ3v) is 2.98. The van der Waals surface area contributed by atoms with E-state index in [-0.39, 0.29) is 0 Å². The minimum absolute atomic E-state index is 0.303. The number of nitrogens with one attached hydrogen (secondary N) is 1. The van der Waals surface area contributed by atoms with Crippen LogP contribution in [0.3, 0.4) is 0 Å². The van der Waals surface area contributed by atoms with Crippen molar-refractivity contribution in [2.24, 2.45) is 0 Å². The van der Waals surface area contributed by atoms with Crippen LogP contribution in [-0.4, -0.2) is 9.97 Å². The van der Waals surface area contributed by atoms with E-state index in [1.165, 1.54) is 12.1 Å². The molecule has 0 spiro atoms. The van der Waals surface area contributed by atoms with Gasteiger partial charge in [-0.3, -0.25) is 0 Å². The van der Waals surface area contributed by atoms with Gasteiger partial charge in [0.25, 0.3) is 0 Å². The van der Waals surface area contributed by atoms with Gasteiger partial charge in [-0.2, -0.15) is 0 Å². The Labute approximate surface area is 106 Å². The van der Waals surface area contributed by atoms with E-state index < -0.39 is 17.5 Å². The number of halogens is 3. The molecule has 1 N–H and O–H groups in total. The van der Waals surface area contributed by atoms with Crippen LogP contribution >= 0.6 is 0 Å². The SMILES string of the molecule is Cc1ccc(F)cc1-c1nc2cc(F)c(F)cc2[nH]1. The van der Waals surface area contributed by atoms with Crippen LogP contribution < -0.4 is 0 Å². The highest BCUT2D eigenvalue weighted by atomic mass is 19.2. The third-order valence-electron chi connectivity index (χ3n) is 2.98. The van der Waals surface area contributed by atoms with E-state index in [4.69, 9.17) is 0 Å². The molecule has 2 aromatic carbocycles. The first-order valence-electron chi connectivity index (χ1n) is 5.66. The largest absolute Gasteiger partial charge is 0.338 e. The van der Waals surface area contributed by atoms with Crippen LogP contribution in [-0.2, 0) is 0 Å². The van der Waals surface area contributed by atoms with Gasteiger partial charge in [-0.1, -0.05) is 6.07 Å². The molecular formula is C14H9F3N2. The predicted octanol–water partition coefficient (Wildman–Crippen LogP) is 3.96. The highest BCUT2D eigenvalue weighted by Gasteiger charge is 2.11. The number of aromatic nitrogens is 2. The summed E-state index contributed by atoms with van der Waals surface area (Å²) in [6, 6.07) is 6.36. The monoisotopic (exact) mass is 262 g/mol. The van der Waals surface area contributed by atoms with Gasteiger partial charge in [-0.25, -0.2) is 18.2 Å². The molecule has 0 aliphatic rings. The summed E-state index contributed by atoms with van der Waals surface area (Å²) < 4.78 is 39.5. The Bertz CT molecular complexity index is 739. The molecule has 0 aliphatic heterocycles. The van der Waals surface area contributed by atoms with Gasteiger partial charge in [0.2, 0.25) is 0 Å². The second kappa shape index (κ2) is 4.12. The number of nitrogens with zero attached hydrogens (tertiary/aromatic N) is 1. The fourth-order valence-electron chi connectivity index (χ4n) is 1.98. The lowest BCUT2D eigenvalue weighted by molar-refractivity contribution is 0.510. The molecule has 0 bridgehead atoms. The molecule has 2 nitrogen and oxygen atoms in total. The van der Waals surface area contributed by atoms with E-state index in [0.29, 0.717) is 22.4 Å². The van der Waals surface area contributed by atoms with Gasteiger partial charge in [0.1, 0.15) is 11.6 Å². The van der Waals surface area contributed by atoms with Gasteiger partial charge in [0.15, 0.2) is 11.6 Å². The predicted molar refractivity (Wildman–Crippen MR) is 66.1 cm³/mol. The van der Waals surface area contributed by atoms with Crippen LogP contribution in [0, 0.1) is 24.4 Å². The summed E-state index contributed by atoms with van der Waals surface area (Å²) in [5.41, 5.74) is 2.06. The van der Waals surface area contributed by atoms with Crippen LogP contribution in [0.5, 0.6) is 0 Å². The minimum Gasteiger partial charge on any atom is -0.338 e. The molecule has 0 saturated carbocycles. The van der Waals surface area contributed by atoms with Crippen LogP contribution in [0.2, 0.25) is 0 Å². The van der Waals surface area contributed by atoms with Crippen LogP contribution in [0.1, 0.15) is 5.56 Å². The van der Waals surface area contributed by atoms with Crippen molar-refractivity contribution >= 4 is 11.0 Å². The van der Waals surface area contributed by atoms with Crippen molar-refractivity contribution < 1.29 is 13.2 Å². The highest BCUT2D eigenvalue weighted by molar-refractivity contribution is 5.80. The Morgan fingerprint density at radius 2 is 1.74 bits per heavy atom. The molecule has 0 fully saturated rings. The Morgan fingerprint density at radius 3 is 2.53 bits per heavy atom. The normalized spacial score (nSPS) is 11.2.